The van der Waals surface area contributed by atoms with Crippen molar-refractivity contribution in [1.29, 1.82) is 0 Å². The standard InChI is InChI=1S/C17H26F3N5O/c1-6-12(4)9-10-25(5)16(22)24-15(21)23-13(7-2)11-14(8-3)26-17(18,19)20/h2,8,11-12H,6,9-10H2,1,3-5H3,(H4,21,22,23,24)/b13-11+,14-8+. The Kier molecular flexibility index (Phi) is 9.96. The number of alkyl halides is 3. The lowest BCUT2D eigenvalue weighted by atomic mass is 10.1. The van der Waals surface area contributed by atoms with Gasteiger partial charge in [0.15, 0.2) is 5.96 Å². The second-order valence-corrected chi connectivity index (χ2v) is 5.58. The molecule has 1 atom stereocenters. The van der Waals surface area contributed by atoms with Crippen LogP contribution in [-0.2, 0) is 4.74 Å². The lowest BCUT2D eigenvalue weighted by Crippen LogP contribution is -2.36. The second-order valence-electron chi connectivity index (χ2n) is 5.58. The molecule has 0 amide bonds. The average Bonchev–Trinajstić information content (AvgIpc) is 2.56. The molecule has 0 saturated carbocycles. The van der Waals surface area contributed by atoms with Gasteiger partial charge in [-0.3, -0.25) is 0 Å². The highest BCUT2D eigenvalue weighted by Gasteiger charge is 2.31. The minimum Gasteiger partial charge on any atom is -0.406 e. The summed E-state index contributed by atoms with van der Waals surface area (Å²) in [6.45, 7) is 6.27. The van der Waals surface area contributed by atoms with Crippen LogP contribution >= 0.6 is 0 Å². The van der Waals surface area contributed by atoms with Gasteiger partial charge in [-0.05, 0) is 31.3 Å². The maximum Gasteiger partial charge on any atom is 0.573 e. The van der Waals surface area contributed by atoms with Crippen molar-refractivity contribution in [3.63, 3.8) is 0 Å². The maximum atomic E-state index is 12.3. The average molecular weight is 373 g/mol. The molecule has 6 nitrogen and oxygen atoms in total. The molecule has 0 heterocycles. The summed E-state index contributed by atoms with van der Waals surface area (Å²) in [6, 6.07) is 0. The second kappa shape index (κ2) is 11.1. The van der Waals surface area contributed by atoms with Crippen molar-refractivity contribution in [2.75, 3.05) is 13.6 Å². The van der Waals surface area contributed by atoms with E-state index in [4.69, 9.17) is 17.9 Å². The van der Waals surface area contributed by atoms with Gasteiger partial charge in [0.25, 0.3) is 0 Å². The third-order valence-electron chi connectivity index (χ3n) is 3.45. The normalized spacial score (nSPS) is 15.5. The summed E-state index contributed by atoms with van der Waals surface area (Å²) in [6.07, 6.45) is 4.40. The summed E-state index contributed by atoms with van der Waals surface area (Å²) < 4.78 is 40.6. The van der Waals surface area contributed by atoms with Crippen molar-refractivity contribution < 1.29 is 17.9 Å². The van der Waals surface area contributed by atoms with Crippen molar-refractivity contribution in [3.8, 4) is 12.3 Å². The number of ether oxygens (including phenoxy) is 1. The molecule has 0 aliphatic heterocycles. The van der Waals surface area contributed by atoms with Gasteiger partial charge in [-0.25, -0.2) is 4.99 Å². The molecule has 4 N–H and O–H groups in total. The Hall–Kier alpha value is -2.63. The SMILES string of the molecule is C#C/C(=C\C(=C/C)OC(F)(F)F)N=C(N)N=C(N)N(C)CCC(C)CC. The molecule has 0 aromatic carbocycles. The van der Waals surface area contributed by atoms with E-state index in [0.717, 1.165) is 25.0 Å². The number of allylic oxidation sites excluding steroid dienone is 3. The lowest BCUT2D eigenvalue weighted by molar-refractivity contribution is -0.303. The Morgan fingerprint density at radius 2 is 1.96 bits per heavy atom. The minimum atomic E-state index is -4.84. The predicted molar refractivity (Wildman–Crippen MR) is 97.8 cm³/mol. The number of nitrogens with two attached hydrogens (primary N) is 2. The van der Waals surface area contributed by atoms with E-state index in [2.05, 4.69) is 34.5 Å². The van der Waals surface area contributed by atoms with Crippen molar-refractivity contribution >= 4 is 11.9 Å². The molecule has 0 aliphatic rings. The van der Waals surface area contributed by atoms with E-state index in [9.17, 15) is 13.2 Å². The number of rotatable bonds is 7. The molecule has 0 aliphatic carbocycles. The highest BCUT2D eigenvalue weighted by molar-refractivity contribution is 5.93. The van der Waals surface area contributed by atoms with Crippen LogP contribution in [0, 0.1) is 18.3 Å². The molecule has 1 unspecified atom stereocenters. The van der Waals surface area contributed by atoms with Gasteiger partial charge in [0, 0.05) is 19.7 Å². The first-order valence-electron chi connectivity index (χ1n) is 8.02. The van der Waals surface area contributed by atoms with E-state index in [1.807, 2.05) is 0 Å². The van der Waals surface area contributed by atoms with Crippen LogP contribution < -0.4 is 11.5 Å². The summed E-state index contributed by atoms with van der Waals surface area (Å²) in [4.78, 5) is 9.40. The van der Waals surface area contributed by atoms with Gasteiger partial charge in [-0.15, -0.1) is 19.6 Å². The Morgan fingerprint density at radius 1 is 1.35 bits per heavy atom. The minimum absolute atomic E-state index is 0.128. The summed E-state index contributed by atoms with van der Waals surface area (Å²) in [5.41, 5.74) is 11.3. The monoisotopic (exact) mass is 373 g/mol. The Bertz CT molecular complexity index is 615. The topological polar surface area (TPSA) is 89.2 Å². The van der Waals surface area contributed by atoms with Crippen LogP contribution in [0.4, 0.5) is 13.2 Å². The first kappa shape index (κ1) is 23.4. The van der Waals surface area contributed by atoms with Crippen LogP contribution in [0.15, 0.2) is 33.6 Å². The van der Waals surface area contributed by atoms with Crippen molar-refractivity contribution in [2.24, 2.45) is 27.4 Å². The molecular weight excluding hydrogens is 347 g/mol. The maximum absolute atomic E-state index is 12.3. The van der Waals surface area contributed by atoms with Crippen molar-refractivity contribution in [3.05, 3.63) is 23.6 Å². The van der Waals surface area contributed by atoms with Crippen molar-refractivity contribution in [1.82, 2.24) is 4.90 Å². The van der Waals surface area contributed by atoms with Crippen LogP contribution in [0.5, 0.6) is 0 Å². The molecule has 0 spiro atoms. The summed E-state index contributed by atoms with van der Waals surface area (Å²) in [5, 5.41) is 0. The molecule has 0 rings (SSSR count). The fourth-order valence-electron chi connectivity index (χ4n) is 1.63. The number of halogens is 3. The van der Waals surface area contributed by atoms with E-state index in [0.29, 0.717) is 12.5 Å². The molecular formula is C17H26F3N5O. The number of aliphatic imine (C=N–C) groups is 2. The van der Waals surface area contributed by atoms with Crippen LogP contribution in [0.2, 0.25) is 0 Å². The van der Waals surface area contributed by atoms with Gasteiger partial charge in [0.05, 0.1) is 0 Å². The fourth-order valence-corrected chi connectivity index (χ4v) is 1.63. The van der Waals surface area contributed by atoms with E-state index >= 15 is 0 Å². The highest BCUT2D eigenvalue weighted by Crippen LogP contribution is 2.22. The highest BCUT2D eigenvalue weighted by atomic mass is 19.4. The number of terminal acetylenes is 1. The lowest BCUT2D eigenvalue weighted by Gasteiger charge is -2.19. The van der Waals surface area contributed by atoms with Gasteiger partial charge >= 0.3 is 6.36 Å². The summed E-state index contributed by atoms with van der Waals surface area (Å²) in [5.74, 6) is 2.00. The fraction of sp³-hybridized carbons (Fsp3) is 0.529. The number of hydrogen-bond donors (Lipinski definition) is 2. The molecule has 26 heavy (non-hydrogen) atoms. The predicted octanol–water partition coefficient (Wildman–Crippen LogP) is 2.94. The smallest absolute Gasteiger partial charge is 0.406 e. The van der Waals surface area contributed by atoms with E-state index in [1.54, 1.807) is 11.9 Å². The van der Waals surface area contributed by atoms with Crippen molar-refractivity contribution in [2.45, 2.75) is 40.0 Å². The number of nitrogens with zero attached hydrogens (tertiary/aromatic N) is 3. The number of hydrogen-bond acceptors (Lipinski definition) is 2. The third-order valence-corrected chi connectivity index (χ3v) is 3.45. The zero-order valence-corrected chi connectivity index (χ0v) is 15.5. The molecule has 9 heteroatoms. The van der Waals surface area contributed by atoms with Crippen LogP contribution in [0.1, 0.15) is 33.6 Å². The number of guanidine groups is 2. The Morgan fingerprint density at radius 3 is 2.42 bits per heavy atom. The van der Waals surface area contributed by atoms with Gasteiger partial charge in [0.1, 0.15) is 11.5 Å². The molecule has 0 aromatic heterocycles. The molecule has 0 bridgehead atoms. The molecule has 0 fully saturated rings. The van der Waals surface area contributed by atoms with Crippen LogP contribution in [0.25, 0.3) is 0 Å². The summed E-state index contributed by atoms with van der Waals surface area (Å²) in [7, 11) is 1.75. The van der Waals surface area contributed by atoms with Gasteiger partial charge in [-0.1, -0.05) is 20.3 Å². The largest absolute Gasteiger partial charge is 0.573 e. The summed E-state index contributed by atoms with van der Waals surface area (Å²) >= 11 is 0. The van der Waals surface area contributed by atoms with Crippen LogP contribution in [-0.4, -0.2) is 36.8 Å². The molecule has 0 saturated heterocycles. The van der Waals surface area contributed by atoms with E-state index < -0.39 is 12.1 Å². The van der Waals surface area contributed by atoms with Gasteiger partial charge in [-0.2, -0.15) is 4.99 Å². The third kappa shape index (κ3) is 10.3. The Balaban J connectivity index is 5.18. The van der Waals surface area contributed by atoms with Gasteiger partial charge in [0.2, 0.25) is 5.96 Å². The zero-order valence-electron chi connectivity index (χ0n) is 15.5. The van der Waals surface area contributed by atoms with E-state index in [-0.39, 0.29) is 17.6 Å². The first-order chi connectivity index (χ1) is 12.0. The molecule has 0 aromatic rings. The molecule has 0 radical (unpaired) electrons. The Labute approximate surface area is 152 Å². The molecule has 146 valence electrons. The van der Waals surface area contributed by atoms with Gasteiger partial charge < -0.3 is 21.1 Å². The first-order valence-corrected chi connectivity index (χ1v) is 8.02. The van der Waals surface area contributed by atoms with Crippen LogP contribution in [0.3, 0.4) is 0 Å². The quantitative estimate of drug-likeness (QED) is 0.236. The zero-order chi connectivity index (χ0) is 20.3. The van der Waals surface area contributed by atoms with E-state index in [1.165, 1.54) is 6.92 Å².